The lowest BCUT2D eigenvalue weighted by atomic mass is 9.99. The van der Waals surface area contributed by atoms with Gasteiger partial charge in [-0.25, -0.2) is 4.39 Å². The molecule has 24 heavy (non-hydrogen) atoms. The topological polar surface area (TPSA) is 82.9 Å². The minimum atomic E-state index is -0.656. The maximum Gasteiger partial charge on any atom is 0.254 e. The first kappa shape index (κ1) is 16.1. The van der Waals surface area contributed by atoms with Gasteiger partial charge in [0.05, 0.1) is 5.56 Å². The fourth-order valence-corrected chi connectivity index (χ4v) is 2.72. The third kappa shape index (κ3) is 3.43. The molecular weight excluding hydrogens is 311 g/mol. The lowest BCUT2D eigenvalue weighted by molar-refractivity contribution is -0.116. The van der Waals surface area contributed by atoms with Gasteiger partial charge >= 0.3 is 0 Å². The molecule has 0 aromatic heterocycles. The highest BCUT2D eigenvalue weighted by Crippen LogP contribution is 2.36. The van der Waals surface area contributed by atoms with Gasteiger partial charge in [0.25, 0.3) is 5.91 Å². The largest absolute Gasteiger partial charge is 0.352 e. The van der Waals surface area contributed by atoms with Gasteiger partial charge < -0.3 is 10.6 Å². The van der Waals surface area contributed by atoms with Gasteiger partial charge in [0.1, 0.15) is 5.82 Å². The highest BCUT2D eigenvalue weighted by atomic mass is 19.1. The number of fused-ring (bicyclic) bond motifs is 1. The first-order valence-electron chi connectivity index (χ1n) is 7.81. The van der Waals surface area contributed by atoms with Gasteiger partial charge in [-0.15, -0.1) is 12.3 Å². The zero-order valence-corrected chi connectivity index (χ0v) is 13.1. The SMILES string of the molecule is C#CCCC1(CCNC(=O)c2cc3c(cc2F)NC(=O)CC3)N=N1. The number of hydrogen-bond acceptors (Lipinski definition) is 4. The van der Waals surface area contributed by atoms with Crippen molar-refractivity contribution in [2.24, 2.45) is 10.2 Å². The second-order valence-electron chi connectivity index (χ2n) is 5.93. The van der Waals surface area contributed by atoms with E-state index < -0.39 is 17.4 Å². The van der Waals surface area contributed by atoms with Crippen LogP contribution in [0.1, 0.15) is 41.6 Å². The highest BCUT2D eigenvalue weighted by molar-refractivity contribution is 5.98. The average Bonchev–Trinajstić information content (AvgIpc) is 3.32. The molecule has 0 unspecified atom stereocenters. The normalized spacial score (nSPS) is 16.8. The number of hydrogen-bond donors (Lipinski definition) is 2. The molecule has 2 amide bonds. The monoisotopic (exact) mass is 328 g/mol. The van der Waals surface area contributed by atoms with Crippen LogP contribution >= 0.6 is 0 Å². The molecule has 0 radical (unpaired) electrons. The van der Waals surface area contributed by atoms with Crippen molar-refractivity contribution in [1.82, 2.24) is 5.32 Å². The fraction of sp³-hybridized carbons (Fsp3) is 0.412. The summed E-state index contributed by atoms with van der Waals surface area (Å²) in [5.74, 6) is 1.25. The minimum absolute atomic E-state index is 0.0211. The van der Waals surface area contributed by atoms with E-state index >= 15 is 0 Å². The van der Waals surface area contributed by atoms with E-state index in [4.69, 9.17) is 6.42 Å². The van der Waals surface area contributed by atoms with Crippen molar-refractivity contribution in [2.45, 2.75) is 37.8 Å². The predicted octanol–water partition coefficient (Wildman–Crippen LogP) is 2.41. The van der Waals surface area contributed by atoms with E-state index in [1.54, 1.807) is 0 Å². The molecule has 7 heteroatoms. The van der Waals surface area contributed by atoms with Crippen LogP contribution < -0.4 is 10.6 Å². The third-order valence-electron chi connectivity index (χ3n) is 4.20. The van der Waals surface area contributed by atoms with E-state index in [0.29, 0.717) is 44.3 Å². The van der Waals surface area contributed by atoms with Crippen molar-refractivity contribution < 1.29 is 14.0 Å². The molecule has 0 saturated carbocycles. The summed E-state index contributed by atoms with van der Waals surface area (Å²) in [6.07, 6.45) is 7.83. The molecular formula is C17H17FN4O2. The molecule has 6 nitrogen and oxygen atoms in total. The minimum Gasteiger partial charge on any atom is -0.352 e. The fourth-order valence-electron chi connectivity index (χ4n) is 2.72. The molecule has 2 heterocycles. The van der Waals surface area contributed by atoms with Crippen molar-refractivity contribution in [3.8, 4) is 12.3 Å². The number of terminal acetylenes is 1. The standard InChI is InChI=1S/C17H17FN4O2/c1-2-3-6-17(21-22-17)7-8-19-16(24)12-9-11-4-5-15(23)20-14(11)10-13(12)18/h1,9-10H,3-8H2,(H,19,24)(H,20,23). The second-order valence-corrected chi connectivity index (χ2v) is 5.93. The summed E-state index contributed by atoms with van der Waals surface area (Å²) < 4.78 is 14.1. The molecule has 2 aliphatic heterocycles. The lowest BCUT2D eigenvalue weighted by Crippen LogP contribution is -2.29. The first-order valence-corrected chi connectivity index (χ1v) is 7.81. The predicted molar refractivity (Wildman–Crippen MR) is 86.0 cm³/mol. The number of aryl methyl sites for hydroxylation is 1. The Balaban J connectivity index is 1.59. The van der Waals surface area contributed by atoms with Crippen molar-refractivity contribution in [3.63, 3.8) is 0 Å². The van der Waals surface area contributed by atoms with E-state index in [0.717, 1.165) is 5.56 Å². The number of halogens is 1. The third-order valence-corrected chi connectivity index (χ3v) is 4.20. The molecule has 2 N–H and O–H groups in total. The molecule has 1 aromatic rings. The molecule has 0 fully saturated rings. The Kier molecular flexibility index (Phi) is 4.30. The van der Waals surface area contributed by atoms with Crippen LogP contribution in [0.2, 0.25) is 0 Å². The number of carbonyl (C=O) groups is 2. The molecule has 3 rings (SSSR count). The number of amides is 2. The Labute approximate surface area is 138 Å². The van der Waals surface area contributed by atoms with Gasteiger partial charge in [-0.1, -0.05) is 0 Å². The number of rotatable bonds is 6. The maximum absolute atomic E-state index is 14.1. The van der Waals surface area contributed by atoms with Crippen LogP contribution in [0.5, 0.6) is 0 Å². The second kappa shape index (κ2) is 6.40. The molecule has 1 aromatic carbocycles. The number of nitrogens with zero attached hydrogens (tertiary/aromatic N) is 2. The van der Waals surface area contributed by atoms with Gasteiger partial charge in [-0.3, -0.25) is 9.59 Å². The molecule has 0 atom stereocenters. The summed E-state index contributed by atoms with van der Waals surface area (Å²) in [5, 5.41) is 13.3. The van der Waals surface area contributed by atoms with Crippen LogP contribution in [0.3, 0.4) is 0 Å². The summed E-state index contributed by atoms with van der Waals surface area (Å²) in [6.45, 7) is 0.337. The molecule has 0 saturated heterocycles. The number of anilines is 1. The molecule has 0 spiro atoms. The van der Waals surface area contributed by atoms with Crippen LogP contribution in [0, 0.1) is 18.2 Å². The van der Waals surface area contributed by atoms with Crippen LogP contribution in [0.15, 0.2) is 22.4 Å². The van der Waals surface area contributed by atoms with Gasteiger partial charge in [-0.2, -0.15) is 10.2 Å². The quantitative estimate of drug-likeness (QED) is 0.786. The molecule has 2 aliphatic rings. The Morgan fingerprint density at radius 1 is 1.38 bits per heavy atom. The van der Waals surface area contributed by atoms with E-state index in [1.165, 1.54) is 12.1 Å². The Bertz CT molecular complexity index is 761. The summed E-state index contributed by atoms with van der Waals surface area (Å²) in [4.78, 5) is 23.5. The number of nitrogens with one attached hydrogen (secondary N) is 2. The number of carbonyl (C=O) groups excluding carboxylic acids is 2. The zero-order chi connectivity index (χ0) is 17.2. The lowest BCUT2D eigenvalue weighted by Gasteiger charge is -2.18. The smallest absolute Gasteiger partial charge is 0.254 e. The summed E-state index contributed by atoms with van der Waals surface area (Å²) in [5.41, 5.74) is 0.702. The molecule has 124 valence electrons. The van der Waals surface area contributed by atoms with Crippen molar-refractivity contribution in [3.05, 3.63) is 29.1 Å². The van der Waals surface area contributed by atoms with Crippen molar-refractivity contribution >= 4 is 17.5 Å². The van der Waals surface area contributed by atoms with Gasteiger partial charge in [-0.05, 0) is 24.1 Å². The summed E-state index contributed by atoms with van der Waals surface area (Å²) in [6, 6.07) is 2.70. The van der Waals surface area contributed by atoms with Crippen molar-refractivity contribution in [1.29, 1.82) is 0 Å². The van der Waals surface area contributed by atoms with Gasteiger partial charge in [0, 0.05) is 37.9 Å². The van der Waals surface area contributed by atoms with E-state index in [-0.39, 0.29) is 11.5 Å². The van der Waals surface area contributed by atoms with E-state index in [9.17, 15) is 14.0 Å². The van der Waals surface area contributed by atoms with Crippen LogP contribution in [-0.4, -0.2) is 24.0 Å². The molecule has 0 bridgehead atoms. The Morgan fingerprint density at radius 2 is 2.17 bits per heavy atom. The molecule has 0 aliphatic carbocycles. The van der Waals surface area contributed by atoms with Gasteiger partial charge in [0.2, 0.25) is 5.91 Å². The summed E-state index contributed by atoms with van der Waals surface area (Å²) >= 11 is 0. The highest BCUT2D eigenvalue weighted by Gasteiger charge is 2.38. The maximum atomic E-state index is 14.1. The van der Waals surface area contributed by atoms with Crippen LogP contribution in [0.4, 0.5) is 10.1 Å². The van der Waals surface area contributed by atoms with Gasteiger partial charge in [0.15, 0.2) is 5.66 Å². The Hall–Kier alpha value is -2.75. The van der Waals surface area contributed by atoms with E-state index in [2.05, 4.69) is 26.8 Å². The van der Waals surface area contributed by atoms with E-state index in [1.807, 2.05) is 0 Å². The van der Waals surface area contributed by atoms with Crippen molar-refractivity contribution in [2.75, 3.05) is 11.9 Å². The van der Waals surface area contributed by atoms with Crippen LogP contribution in [-0.2, 0) is 11.2 Å². The zero-order valence-electron chi connectivity index (χ0n) is 13.1. The average molecular weight is 328 g/mol. The first-order chi connectivity index (χ1) is 11.5. The summed E-state index contributed by atoms with van der Waals surface area (Å²) in [7, 11) is 0. The number of benzene rings is 1. The van der Waals surface area contributed by atoms with Crippen LogP contribution in [0.25, 0.3) is 0 Å². The Morgan fingerprint density at radius 3 is 2.88 bits per heavy atom.